The molecule has 2 aromatic carbocycles. The van der Waals surface area contributed by atoms with E-state index in [0.29, 0.717) is 25.3 Å². The number of benzene rings is 2. The first-order valence-corrected chi connectivity index (χ1v) is 8.44. The molecule has 4 rings (SSSR count). The lowest BCUT2D eigenvalue weighted by Gasteiger charge is -2.41. The topological polar surface area (TPSA) is 66.8 Å². The molecule has 1 atom stereocenters. The van der Waals surface area contributed by atoms with Crippen molar-refractivity contribution >= 4 is 11.9 Å². The van der Waals surface area contributed by atoms with Crippen LogP contribution in [0.2, 0.25) is 0 Å². The van der Waals surface area contributed by atoms with Gasteiger partial charge >= 0.3 is 5.97 Å². The molecule has 1 aliphatic heterocycles. The Kier molecular flexibility index (Phi) is 3.81. The Balaban J connectivity index is 1.61. The van der Waals surface area contributed by atoms with E-state index in [1.807, 2.05) is 12.1 Å². The molecule has 1 N–H and O–H groups in total. The zero-order chi connectivity index (χ0) is 17.4. The number of hydrogen-bond donors (Lipinski definition) is 1. The molecule has 5 nitrogen and oxygen atoms in total. The van der Waals surface area contributed by atoms with E-state index in [4.69, 9.17) is 9.84 Å². The summed E-state index contributed by atoms with van der Waals surface area (Å²) in [7, 11) is 0. The van der Waals surface area contributed by atoms with Gasteiger partial charge in [0.1, 0.15) is 5.60 Å². The van der Waals surface area contributed by atoms with Gasteiger partial charge in [0, 0.05) is 12.1 Å². The van der Waals surface area contributed by atoms with Crippen molar-refractivity contribution in [3.05, 3.63) is 70.8 Å². The molecule has 1 fully saturated rings. The maximum Gasteiger partial charge on any atom is 0.335 e. The van der Waals surface area contributed by atoms with Gasteiger partial charge in [0.05, 0.1) is 18.7 Å². The molecule has 1 spiro atoms. The zero-order valence-corrected chi connectivity index (χ0v) is 13.8. The van der Waals surface area contributed by atoms with Crippen LogP contribution >= 0.6 is 0 Å². The van der Waals surface area contributed by atoms with E-state index in [0.717, 1.165) is 12.8 Å². The molecule has 1 saturated heterocycles. The summed E-state index contributed by atoms with van der Waals surface area (Å²) in [5.74, 6) is -1.17. The number of ether oxygens (including phenoxy) is 1. The van der Waals surface area contributed by atoms with E-state index >= 15 is 0 Å². The number of carboxylic acid groups (broad SMARTS) is 1. The highest BCUT2D eigenvalue weighted by Gasteiger charge is 2.44. The molecule has 0 saturated carbocycles. The summed E-state index contributed by atoms with van der Waals surface area (Å²) in [4.78, 5) is 25.8. The van der Waals surface area contributed by atoms with E-state index in [9.17, 15) is 9.59 Å². The number of nitrogens with zero attached hydrogens (tertiary/aromatic N) is 1. The van der Waals surface area contributed by atoms with Crippen molar-refractivity contribution in [3.63, 3.8) is 0 Å². The Hall–Kier alpha value is -2.66. The highest BCUT2D eigenvalue weighted by Crippen LogP contribution is 2.42. The van der Waals surface area contributed by atoms with E-state index in [1.54, 1.807) is 17.0 Å². The average molecular weight is 337 g/mol. The Labute approximate surface area is 145 Å². The van der Waals surface area contributed by atoms with Crippen LogP contribution in [0.25, 0.3) is 0 Å². The molecule has 2 aromatic rings. The largest absolute Gasteiger partial charge is 0.478 e. The smallest absolute Gasteiger partial charge is 0.335 e. The van der Waals surface area contributed by atoms with Crippen LogP contribution in [0.15, 0.2) is 48.5 Å². The minimum Gasteiger partial charge on any atom is -0.478 e. The SMILES string of the molecule is O=C(O)c1cccc(C(=O)N2CCOC3(CCc4ccccc43)C2)c1. The number of carboxylic acids is 1. The molecule has 0 radical (unpaired) electrons. The first-order valence-electron chi connectivity index (χ1n) is 8.44. The van der Waals surface area contributed by atoms with Gasteiger partial charge in [-0.3, -0.25) is 4.79 Å². The molecule has 1 unspecified atom stereocenters. The van der Waals surface area contributed by atoms with E-state index in [2.05, 4.69) is 12.1 Å². The van der Waals surface area contributed by atoms with Gasteiger partial charge in [0.2, 0.25) is 0 Å². The lowest BCUT2D eigenvalue weighted by Crippen LogP contribution is -2.51. The van der Waals surface area contributed by atoms with E-state index in [-0.39, 0.29) is 11.5 Å². The predicted molar refractivity (Wildman–Crippen MR) is 91.7 cm³/mol. The second-order valence-electron chi connectivity index (χ2n) is 6.61. The fraction of sp³-hybridized carbons (Fsp3) is 0.300. The van der Waals surface area contributed by atoms with Crippen LogP contribution in [0.1, 0.15) is 38.3 Å². The quantitative estimate of drug-likeness (QED) is 0.915. The van der Waals surface area contributed by atoms with Gasteiger partial charge < -0.3 is 14.7 Å². The van der Waals surface area contributed by atoms with Crippen molar-refractivity contribution in [1.82, 2.24) is 4.90 Å². The highest BCUT2D eigenvalue weighted by atomic mass is 16.5. The summed E-state index contributed by atoms with van der Waals surface area (Å²) in [5.41, 5.74) is 2.55. The number of carbonyl (C=O) groups excluding carboxylic acids is 1. The molecule has 5 heteroatoms. The van der Waals surface area contributed by atoms with Crippen molar-refractivity contribution in [2.75, 3.05) is 19.7 Å². The van der Waals surface area contributed by atoms with Crippen LogP contribution < -0.4 is 0 Å². The third kappa shape index (κ3) is 2.70. The standard InChI is InChI=1S/C20H19NO4/c22-18(15-5-3-6-16(12-15)19(23)24)21-10-11-25-20(13-21)9-8-14-4-1-2-7-17(14)20/h1-7,12H,8-11,13H2,(H,23,24). The van der Waals surface area contributed by atoms with Gasteiger partial charge in [-0.25, -0.2) is 4.79 Å². The third-order valence-electron chi connectivity index (χ3n) is 5.14. The first-order chi connectivity index (χ1) is 12.1. The van der Waals surface area contributed by atoms with Crippen molar-refractivity contribution in [3.8, 4) is 0 Å². The van der Waals surface area contributed by atoms with Crippen LogP contribution in [-0.2, 0) is 16.8 Å². The van der Waals surface area contributed by atoms with E-state index in [1.165, 1.54) is 23.3 Å². The van der Waals surface area contributed by atoms with Crippen LogP contribution in [-0.4, -0.2) is 41.6 Å². The first kappa shape index (κ1) is 15.8. The average Bonchev–Trinajstić information content (AvgIpc) is 2.99. The van der Waals surface area contributed by atoms with Gasteiger partial charge in [0.25, 0.3) is 5.91 Å². The Morgan fingerprint density at radius 3 is 2.72 bits per heavy atom. The summed E-state index contributed by atoms with van der Waals surface area (Å²) in [6.07, 6.45) is 1.82. The van der Waals surface area contributed by atoms with Crippen molar-refractivity contribution < 1.29 is 19.4 Å². The lowest BCUT2D eigenvalue weighted by atomic mass is 9.93. The maximum atomic E-state index is 12.9. The lowest BCUT2D eigenvalue weighted by molar-refractivity contribution is -0.103. The number of morpholine rings is 1. The van der Waals surface area contributed by atoms with Crippen molar-refractivity contribution in [2.24, 2.45) is 0 Å². The Morgan fingerprint density at radius 1 is 1.08 bits per heavy atom. The molecule has 1 aliphatic carbocycles. The molecule has 128 valence electrons. The second kappa shape index (κ2) is 6.01. The monoisotopic (exact) mass is 337 g/mol. The predicted octanol–water partition coefficient (Wildman–Crippen LogP) is 2.70. The molecule has 0 bridgehead atoms. The van der Waals surface area contributed by atoms with Gasteiger partial charge in [0.15, 0.2) is 0 Å². The summed E-state index contributed by atoms with van der Waals surface area (Å²) in [6, 6.07) is 14.4. The summed E-state index contributed by atoms with van der Waals surface area (Å²) >= 11 is 0. The summed E-state index contributed by atoms with van der Waals surface area (Å²) < 4.78 is 6.14. The number of aryl methyl sites for hydroxylation is 1. The summed E-state index contributed by atoms with van der Waals surface area (Å²) in [6.45, 7) is 1.50. The highest BCUT2D eigenvalue weighted by molar-refractivity contribution is 5.97. The Bertz CT molecular complexity index is 843. The number of hydrogen-bond acceptors (Lipinski definition) is 3. The minimum absolute atomic E-state index is 0.125. The molecular formula is C20H19NO4. The molecule has 2 aliphatic rings. The third-order valence-corrected chi connectivity index (χ3v) is 5.14. The normalized spacial score (nSPS) is 22.0. The zero-order valence-electron chi connectivity index (χ0n) is 13.8. The maximum absolute atomic E-state index is 12.9. The number of rotatable bonds is 2. The number of fused-ring (bicyclic) bond motifs is 2. The van der Waals surface area contributed by atoms with Crippen LogP contribution in [0, 0.1) is 0 Å². The van der Waals surface area contributed by atoms with Crippen LogP contribution in [0.5, 0.6) is 0 Å². The Morgan fingerprint density at radius 2 is 1.88 bits per heavy atom. The van der Waals surface area contributed by atoms with Crippen LogP contribution in [0.4, 0.5) is 0 Å². The number of carbonyl (C=O) groups is 2. The van der Waals surface area contributed by atoms with Gasteiger partial charge in [-0.15, -0.1) is 0 Å². The minimum atomic E-state index is -1.03. The summed E-state index contributed by atoms with van der Waals surface area (Å²) in [5, 5.41) is 9.13. The van der Waals surface area contributed by atoms with Crippen molar-refractivity contribution in [2.45, 2.75) is 18.4 Å². The van der Waals surface area contributed by atoms with Crippen LogP contribution in [0.3, 0.4) is 0 Å². The number of amides is 1. The van der Waals surface area contributed by atoms with Crippen molar-refractivity contribution in [1.29, 1.82) is 0 Å². The fourth-order valence-electron chi connectivity index (χ4n) is 3.89. The molecular weight excluding hydrogens is 318 g/mol. The molecule has 0 aromatic heterocycles. The molecule has 25 heavy (non-hydrogen) atoms. The van der Waals surface area contributed by atoms with Gasteiger partial charge in [-0.05, 0) is 42.2 Å². The van der Waals surface area contributed by atoms with Gasteiger partial charge in [-0.1, -0.05) is 30.3 Å². The number of aromatic carboxylic acids is 1. The fourth-order valence-corrected chi connectivity index (χ4v) is 3.89. The van der Waals surface area contributed by atoms with Gasteiger partial charge in [-0.2, -0.15) is 0 Å². The molecule has 1 heterocycles. The second-order valence-corrected chi connectivity index (χ2v) is 6.61. The van der Waals surface area contributed by atoms with E-state index < -0.39 is 11.6 Å². The molecule has 1 amide bonds.